The Morgan fingerprint density at radius 3 is 2.95 bits per heavy atom. The van der Waals surface area contributed by atoms with E-state index in [2.05, 4.69) is 15.9 Å². The van der Waals surface area contributed by atoms with Gasteiger partial charge >= 0.3 is 0 Å². The van der Waals surface area contributed by atoms with Crippen molar-refractivity contribution in [3.8, 4) is 11.5 Å². The monoisotopic (exact) mass is 322 g/mol. The van der Waals surface area contributed by atoms with Crippen molar-refractivity contribution in [2.45, 2.75) is 12.5 Å². The molecule has 2 aromatic carbocycles. The summed E-state index contributed by atoms with van der Waals surface area (Å²) >= 11 is 3.43. The lowest BCUT2D eigenvalue weighted by Gasteiger charge is -2.13. The van der Waals surface area contributed by atoms with Crippen molar-refractivity contribution < 1.29 is 13.9 Å². The highest BCUT2D eigenvalue weighted by Crippen LogP contribution is 2.30. The Balaban J connectivity index is 1.63. The molecule has 0 aromatic heterocycles. The van der Waals surface area contributed by atoms with Gasteiger partial charge in [0.25, 0.3) is 0 Å². The van der Waals surface area contributed by atoms with Crippen molar-refractivity contribution in [3.63, 3.8) is 0 Å². The van der Waals surface area contributed by atoms with E-state index in [1.165, 1.54) is 12.1 Å². The maximum atomic E-state index is 13.1. The first-order valence-electron chi connectivity index (χ1n) is 6.05. The van der Waals surface area contributed by atoms with Gasteiger partial charge in [-0.05, 0) is 46.3 Å². The van der Waals surface area contributed by atoms with E-state index in [1.807, 2.05) is 24.3 Å². The summed E-state index contributed by atoms with van der Waals surface area (Å²) in [5, 5.41) is 0. The summed E-state index contributed by atoms with van der Waals surface area (Å²) in [7, 11) is 0. The second kappa shape index (κ2) is 5.21. The summed E-state index contributed by atoms with van der Waals surface area (Å²) in [5.74, 6) is 1.31. The molecule has 0 saturated carbocycles. The number of hydrogen-bond acceptors (Lipinski definition) is 2. The average molecular weight is 323 g/mol. The van der Waals surface area contributed by atoms with Gasteiger partial charge in [0, 0.05) is 12.0 Å². The molecule has 0 amide bonds. The fourth-order valence-corrected chi connectivity index (χ4v) is 2.53. The Kier molecular flexibility index (Phi) is 3.42. The summed E-state index contributed by atoms with van der Waals surface area (Å²) in [4.78, 5) is 0. The zero-order chi connectivity index (χ0) is 13.2. The smallest absolute Gasteiger partial charge is 0.137 e. The van der Waals surface area contributed by atoms with Crippen molar-refractivity contribution in [2.24, 2.45) is 0 Å². The van der Waals surface area contributed by atoms with Crippen LogP contribution in [0.25, 0.3) is 0 Å². The third kappa shape index (κ3) is 2.73. The second-order valence-electron chi connectivity index (χ2n) is 4.44. The molecular formula is C15H12BrFO2. The quantitative estimate of drug-likeness (QED) is 0.851. The van der Waals surface area contributed by atoms with Crippen molar-refractivity contribution in [1.82, 2.24) is 0 Å². The van der Waals surface area contributed by atoms with Gasteiger partial charge in [0.1, 0.15) is 30.0 Å². The predicted molar refractivity (Wildman–Crippen MR) is 74.2 cm³/mol. The summed E-state index contributed by atoms with van der Waals surface area (Å²) in [6.45, 7) is 0.443. The number of ether oxygens (including phenoxy) is 2. The van der Waals surface area contributed by atoms with Crippen LogP contribution in [-0.4, -0.2) is 12.7 Å². The Bertz CT molecular complexity index is 600. The van der Waals surface area contributed by atoms with Crippen LogP contribution in [-0.2, 0) is 6.42 Å². The van der Waals surface area contributed by atoms with E-state index >= 15 is 0 Å². The molecule has 2 nitrogen and oxygen atoms in total. The van der Waals surface area contributed by atoms with Crippen molar-refractivity contribution in [3.05, 3.63) is 58.3 Å². The largest absolute Gasteiger partial charge is 0.489 e. The third-order valence-corrected chi connectivity index (χ3v) is 3.68. The fourth-order valence-electron chi connectivity index (χ4n) is 2.13. The van der Waals surface area contributed by atoms with Crippen LogP contribution in [0, 0.1) is 5.82 Å². The van der Waals surface area contributed by atoms with Crippen LogP contribution < -0.4 is 9.47 Å². The lowest BCUT2D eigenvalue weighted by molar-refractivity contribution is 0.148. The molecule has 0 bridgehead atoms. The van der Waals surface area contributed by atoms with E-state index in [9.17, 15) is 4.39 Å². The van der Waals surface area contributed by atoms with Crippen LogP contribution in [0.5, 0.6) is 11.5 Å². The van der Waals surface area contributed by atoms with Crippen molar-refractivity contribution >= 4 is 15.9 Å². The van der Waals surface area contributed by atoms with E-state index in [1.54, 1.807) is 6.07 Å². The molecular weight excluding hydrogens is 311 g/mol. The molecule has 0 aliphatic carbocycles. The molecule has 3 rings (SSSR count). The normalized spacial score (nSPS) is 16.8. The van der Waals surface area contributed by atoms with Crippen LogP contribution in [0.3, 0.4) is 0 Å². The zero-order valence-corrected chi connectivity index (χ0v) is 11.7. The minimum absolute atomic E-state index is 0.0658. The summed E-state index contributed by atoms with van der Waals surface area (Å²) in [5.41, 5.74) is 0.903. The molecule has 0 saturated heterocycles. The highest BCUT2D eigenvalue weighted by atomic mass is 79.9. The van der Waals surface area contributed by atoms with Gasteiger partial charge in [0.2, 0.25) is 0 Å². The first-order chi connectivity index (χ1) is 9.22. The molecule has 19 heavy (non-hydrogen) atoms. The number of hydrogen-bond donors (Lipinski definition) is 0. The van der Waals surface area contributed by atoms with Crippen LogP contribution in [0.4, 0.5) is 4.39 Å². The van der Waals surface area contributed by atoms with E-state index in [4.69, 9.17) is 9.47 Å². The first-order valence-corrected chi connectivity index (χ1v) is 6.84. The Morgan fingerprint density at radius 1 is 1.26 bits per heavy atom. The maximum absolute atomic E-state index is 13.1. The summed E-state index contributed by atoms with van der Waals surface area (Å²) in [6.07, 6.45) is 0.612. The van der Waals surface area contributed by atoms with Gasteiger partial charge in [-0.1, -0.05) is 12.1 Å². The number of para-hydroxylation sites is 1. The number of benzene rings is 2. The van der Waals surface area contributed by atoms with Gasteiger partial charge in [-0.15, -0.1) is 0 Å². The topological polar surface area (TPSA) is 18.5 Å². The molecule has 1 heterocycles. The highest BCUT2D eigenvalue weighted by molar-refractivity contribution is 9.10. The highest BCUT2D eigenvalue weighted by Gasteiger charge is 2.23. The molecule has 0 N–H and O–H groups in total. The second-order valence-corrected chi connectivity index (χ2v) is 5.29. The van der Waals surface area contributed by atoms with Crippen molar-refractivity contribution in [1.29, 1.82) is 0 Å². The summed E-state index contributed by atoms with van der Waals surface area (Å²) in [6, 6.07) is 12.3. The predicted octanol–water partition coefficient (Wildman–Crippen LogP) is 3.97. The molecule has 98 valence electrons. The molecule has 1 aliphatic rings. The number of rotatable bonds is 3. The molecule has 1 aliphatic heterocycles. The molecule has 4 heteroatoms. The summed E-state index contributed by atoms with van der Waals surface area (Å²) < 4.78 is 25.4. The minimum atomic E-state index is -0.227. The molecule has 0 radical (unpaired) electrons. The standard InChI is InChI=1S/C15H12BrFO2/c16-13-3-1-2-4-15(13)18-9-12-8-10-7-11(17)5-6-14(10)19-12/h1-7,12H,8-9H2. The zero-order valence-electron chi connectivity index (χ0n) is 10.1. The van der Waals surface area contributed by atoms with E-state index in [0.29, 0.717) is 13.0 Å². The Hall–Kier alpha value is -1.55. The SMILES string of the molecule is Fc1ccc2c(c1)CC(COc1ccccc1Br)O2. The van der Waals surface area contributed by atoms with Crippen LogP contribution in [0.2, 0.25) is 0 Å². The molecule has 0 spiro atoms. The minimum Gasteiger partial charge on any atom is -0.489 e. The van der Waals surface area contributed by atoms with Gasteiger partial charge in [0.05, 0.1) is 4.47 Å². The molecule has 1 atom stereocenters. The molecule has 0 fully saturated rings. The van der Waals surface area contributed by atoms with Crippen LogP contribution >= 0.6 is 15.9 Å². The van der Waals surface area contributed by atoms with Gasteiger partial charge < -0.3 is 9.47 Å². The van der Waals surface area contributed by atoms with Crippen molar-refractivity contribution in [2.75, 3.05) is 6.61 Å². The fraction of sp³-hybridized carbons (Fsp3) is 0.200. The van der Waals surface area contributed by atoms with Gasteiger partial charge in [-0.25, -0.2) is 4.39 Å². The number of halogens is 2. The van der Waals surface area contributed by atoms with Crippen LogP contribution in [0.1, 0.15) is 5.56 Å². The first kappa shape index (κ1) is 12.5. The Morgan fingerprint density at radius 2 is 2.11 bits per heavy atom. The van der Waals surface area contributed by atoms with E-state index < -0.39 is 0 Å². The van der Waals surface area contributed by atoms with Gasteiger partial charge in [0.15, 0.2) is 0 Å². The van der Waals surface area contributed by atoms with E-state index in [-0.39, 0.29) is 11.9 Å². The molecule has 1 unspecified atom stereocenters. The Labute approximate surface area is 119 Å². The lowest BCUT2D eigenvalue weighted by Crippen LogP contribution is -2.22. The number of fused-ring (bicyclic) bond motifs is 1. The lowest BCUT2D eigenvalue weighted by atomic mass is 10.1. The van der Waals surface area contributed by atoms with Gasteiger partial charge in [-0.3, -0.25) is 0 Å². The van der Waals surface area contributed by atoms with E-state index in [0.717, 1.165) is 21.5 Å². The van der Waals surface area contributed by atoms with Gasteiger partial charge in [-0.2, -0.15) is 0 Å². The molecule has 2 aromatic rings. The van der Waals surface area contributed by atoms with Crippen LogP contribution in [0.15, 0.2) is 46.9 Å². The third-order valence-electron chi connectivity index (χ3n) is 3.03. The average Bonchev–Trinajstić information content (AvgIpc) is 2.79. The maximum Gasteiger partial charge on any atom is 0.137 e.